The van der Waals surface area contributed by atoms with Crippen LogP contribution >= 0.6 is 23.4 Å². The highest BCUT2D eigenvalue weighted by molar-refractivity contribution is 8.00. The van der Waals surface area contributed by atoms with Crippen molar-refractivity contribution in [3.05, 3.63) is 23.4 Å². The van der Waals surface area contributed by atoms with E-state index in [0.717, 1.165) is 18.1 Å². The largest absolute Gasteiger partial charge is 0.347 e. The molecule has 2 saturated heterocycles. The first-order valence-corrected chi connectivity index (χ1v) is 7.58. The molecule has 0 saturated carbocycles. The van der Waals surface area contributed by atoms with Crippen molar-refractivity contribution < 1.29 is 9.47 Å². The van der Waals surface area contributed by atoms with Gasteiger partial charge in [-0.1, -0.05) is 23.4 Å². The quantitative estimate of drug-likeness (QED) is 0.908. The molecule has 19 heavy (non-hydrogen) atoms. The minimum atomic E-state index is -0.502. The Balaban J connectivity index is 1.75. The van der Waals surface area contributed by atoms with E-state index in [9.17, 15) is 0 Å². The molecule has 2 aliphatic rings. The third-order valence-corrected chi connectivity index (χ3v) is 5.00. The van der Waals surface area contributed by atoms with Crippen molar-refractivity contribution in [2.75, 3.05) is 19.7 Å². The van der Waals surface area contributed by atoms with Crippen molar-refractivity contribution in [1.29, 1.82) is 0 Å². The summed E-state index contributed by atoms with van der Waals surface area (Å²) in [7, 11) is 0. The van der Waals surface area contributed by atoms with Crippen molar-refractivity contribution in [1.82, 2.24) is 10.3 Å². The summed E-state index contributed by atoms with van der Waals surface area (Å²) in [6.07, 6.45) is 1.68. The Bertz CT molecular complexity index is 468. The number of ether oxygens (including phenoxy) is 2. The second-order valence-electron chi connectivity index (χ2n) is 5.41. The molecule has 0 unspecified atom stereocenters. The van der Waals surface area contributed by atoms with Crippen molar-refractivity contribution >= 4 is 23.4 Å². The number of pyridine rings is 1. The van der Waals surface area contributed by atoms with E-state index in [-0.39, 0.29) is 5.60 Å². The molecule has 1 spiro atoms. The number of aromatic nitrogens is 1. The maximum atomic E-state index is 6.15. The predicted octanol–water partition coefficient (Wildman–Crippen LogP) is 2.32. The number of thioether (sulfide) groups is 1. The lowest BCUT2D eigenvalue weighted by Crippen LogP contribution is -2.44. The first kappa shape index (κ1) is 13.6. The van der Waals surface area contributed by atoms with Crippen LogP contribution in [0, 0.1) is 0 Å². The van der Waals surface area contributed by atoms with Crippen molar-refractivity contribution in [2.24, 2.45) is 0 Å². The van der Waals surface area contributed by atoms with E-state index in [1.54, 1.807) is 18.0 Å². The predicted molar refractivity (Wildman–Crippen MR) is 75.6 cm³/mol. The lowest BCUT2D eigenvalue weighted by Gasteiger charge is -2.29. The Kier molecular flexibility index (Phi) is 3.52. The minimum absolute atomic E-state index is 0.254. The van der Waals surface area contributed by atoms with E-state index < -0.39 is 5.79 Å². The Hall–Kier alpha value is -0.330. The highest BCUT2D eigenvalue weighted by Gasteiger charge is 2.53. The molecule has 104 valence electrons. The number of nitrogens with one attached hydrogen (secondary N) is 1. The van der Waals surface area contributed by atoms with Crippen LogP contribution in [0.25, 0.3) is 0 Å². The van der Waals surface area contributed by atoms with Gasteiger partial charge in [-0.15, -0.1) is 0 Å². The van der Waals surface area contributed by atoms with E-state index in [1.807, 2.05) is 26.0 Å². The second-order valence-corrected chi connectivity index (χ2v) is 7.07. The summed E-state index contributed by atoms with van der Waals surface area (Å²) < 4.78 is 11.9. The van der Waals surface area contributed by atoms with Gasteiger partial charge in [0.2, 0.25) is 0 Å². The van der Waals surface area contributed by atoms with Gasteiger partial charge in [-0.2, -0.15) is 0 Å². The number of rotatable bonds is 2. The molecule has 4 nitrogen and oxygen atoms in total. The zero-order chi connectivity index (χ0) is 13.5. The lowest BCUT2D eigenvalue weighted by molar-refractivity contribution is -0.155. The van der Waals surface area contributed by atoms with Crippen LogP contribution < -0.4 is 5.32 Å². The highest BCUT2D eigenvalue weighted by Crippen LogP contribution is 2.42. The topological polar surface area (TPSA) is 43.4 Å². The second kappa shape index (κ2) is 4.90. The molecule has 1 aromatic rings. The van der Waals surface area contributed by atoms with Gasteiger partial charge in [0.15, 0.2) is 5.79 Å². The van der Waals surface area contributed by atoms with Gasteiger partial charge in [-0.25, -0.2) is 4.98 Å². The molecular formula is C13H17ClN2O2S. The zero-order valence-electron chi connectivity index (χ0n) is 11.0. The minimum Gasteiger partial charge on any atom is -0.347 e. The number of hydrogen-bond donors (Lipinski definition) is 1. The fourth-order valence-corrected chi connectivity index (χ4v) is 3.81. The number of halogens is 1. The van der Waals surface area contributed by atoms with Crippen LogP contribution in [0.1, 0.15) is 13.8 Å². The molecule has 3 heterocycles. The van der Waals surface area contributed by atoms with E-state index in [2.05, 4.69) is 10.3 Å². The standard InChI is InChI=1S/C13H17ClN2O2S/c1-12(2)17-8-13(18-12)7-15-6-10(13)19-11-4-3-9(14)5-16-11/h3-5,10,15H,6-8H2,1-2H3/t10-,13-/m0/s1. The maximum Gasteiger partial charge on any atom is 0.163 e. The average molecular weight is 301 g/mol. The molecule has 1 aromatic heterocycles. The summed E-state index contributed by atoms with van der Waals surface area (Å²) in [6.45, 7) is 6.26. The summed E-state index contributed by atoms with van der Waals surface area (Å²) in [5.41, 5.74) is -0.254. The van der Waals surface area contributed by atoms with Crippen molar-refractivity contribution in [3.8, 4) is 0 Å². The van der Waals surface area contributed by atoms with Crippen LogP contribution in [-0.2, 0) is 9.47 Å². The van der Waals surface area contributed by atoms with Crippen LogP contribution in [0.4, 0.5) is 0 Å². The van der Waals surface area contributed by atoms with Gasteiger partial charge in [0.1, 0.15) is 5.60 Å². The third-order valence-electron chi connectivity index (χ3n) is 3.42. The Morgan fingerprint density at radius 2 is 2.32 bits per heavy atom. The summed E-state index contributed by atoms with van der Waals surface area (Å²) >= 11 is 7.58. The fraction of sp³-hybridized carbons (Fsp3) is 0.615. The zero-order valence-corrected chi connectivity index (χ0v) is 12.6. The van der Waals surface area contributed by atoms with E-state index in [4.69, 9.17) is 21.1 Å². The average Bonchev–Trinajstić information content (AvgIpc) is 2.87. The molecule has 2 aliphatic heterocycles. The Morgan fingerprint density at radius 3 is 2.95 bits per heavy atom. The summed E-state index contributed by atoms with van der Waals surface area (Å²) in [6, 6.07) is 3.81. The van der Waals surface area contributed by atoms with Crippen LogP contribution in [0.15, 0.2) is 23.4 Å². The van der Waals surface area contributed by atoms with Gasteiger partial charge in [-0.3, -0.25) is 0 Å². The molecule has 2 fully saturated rings. The van der Waals surface area contributed by atoms with Crippen LogP contribution in [0.5, 0.6) is 0 Å². The molecule has 0 aromatic carbocycles. The van der Waals surface area contributed by atoms with Gasteiger partial charge < -0.3 is 14.8 Å². The Morgan fingerprint density at radius 1 is 1.47 bits per heavy atom. The van der Waals surface area contributed by atoms with Gasteiger partial charge >= 0.3 is 0 Å². The summed E-state index contributed by atoms with van der Waals surface area (Å²) in [5.74, 6) is -0.502. The van der Waals surface area contributed by atoms with Crippen LogP contribution in [0.2, 0.25) is 5.02 Å². The molecular weight excluding hydrogens is 284 g/mol. The summed E-state index contributed by atoms with van der Waals surface area (Å²) in [4.78, 5) is 4.34. The van der Waals surface area contributed by atoms with Crippen molar-refractivity contribution in [2.45, 2.75) is 35.5 Å². The molecule has 0 radical (unpaired) electrons. The van der Waals surface area contributed by atoms with E-state index in [0.29, 0.717) is 16.9 Å². The van der Waals surface area contributed by atoms with Crippen LogP contribution in [0.3, 0.4) is 0 Å². The summed E-state index contributed by atoms with van der Waals surface area (Å²) in [5, 5.41) is 5.31. The van der Waals surface area contributed by atoms with Gasteiger partial charge in [0.25, 0.3) is 0 Å². The molecule has 6 heteroatoms. The fourth-order valence-electron chi connectivity index (χ4n) is 2.53. The molecule has 0 aliphatic carbocycles. The molecule has 3 rings (SSSR count). The molecule has 0 bridgehead atoms. The first-order chi connectivity index (χ1) is 8.99. The monoisotopic (exact) mass is 300 g/mol. The Labute approximate surface area is 122 Å². The van der Waals surface area contributed by atoms with E-state index in [1.165, 1.54) is 0 Å². The normalized spacial score (nSPS) is 33.1. The molecule has 1 N–H and O–H groups in total. The highest BCUT2D eigenvalue weighted by atomic mass is 35.5. The SMILES string of the molecule is CC1(C)OC[C@]2(CNC[C@@H]2Sc2ccc(Cl)cn2)O1. The lowest BCUT2D eigenvalue weighted by atomic mass is 10.0. The van der Waals surface area contributed by atoms with Crippen molar-refractivity contribution in [3.63, 3.8) is 0 Å². The van der Waals surface area contributed by atoms with Crippen LogP contribution in [-0.4, -0.2) is 41.3 Å². The van der Waals surface area contributed by atoms with Gasteiger partial charge in [-0.05, 0) is 26.0 Å². The number of nitrogens with zero attached hydrogens (tertiary/aromatic N) is 1. The first-order valence-electron chi connectivity index (χ1n) is 6.32. The van der Waals surface area contributed by atoms with E-state index >= 15 is 0 Å². The van der Waals surface area contributed by atoms with Gasteiger partial charge in [0, 0.05) is 19.3 Å². The van der Waals surface area contributed by atoms with Gasteiger partial charge in [0.05, 0.1) is 21.9 Å². The third kappa shape index (κ3) is 2.76. The molecule has 0 amide bonds. The smallest absolute Gasteiger partial charge is 0.163 e. The molecule has 2 atom stereocenters. The number of hydrogen-bond acceptors (Lipinski definition) is 5. The maximum absolute atomic E-state index is 6.15.